The molecular formula is C20H25N5O3. The predicted molar refractivity (Wildman–Crippen MR) is 103 cm³/mol. The highest BCUT2D eigenvalue weighted by Gasteiger charge is 2.36. The van der Waals surface area contributed by atoms with Gasteiger partial charge in [-0.05, 0) is 31.5 Å². The molecule has 1 saturated carbocycles. The number of rotatable bonds is 6. The van der Waals surface area contributed by atoms with Crippen LogP contribution in [0, 0.1) is 0 Å². The van der Waals surface area contributed by atoms with Crippen molar-refractivity contribution < 1.29 is 14.7 Å². The summed E-state index contributed by atoms with van der Waals surface area (Å²) in [6, 6.07) is 10.2. The van der Waals surface area contributed by atoms with Gasteiger partial charge in [-0.1, -0.05) is 25.1 Å². The Morgan fingerprint density at radius 1 is 1.25 bits per heavy atom. The lowest BCUT2D eigenvalue weighted by molar-refractivity contribution is -0.139. The number of carbonyl (C=O) groups excluding carboxylic acids is 1. The second-order valence-corrected chi connectivity index (χ2v) is 7.45. The summed E-state index contributed by atoms with van der Waals surface area (Å²) in [7, 11) is 0. The van der Waals surface area contributed by atoms with Crippen molar-refractivity contribution >= 4 is 12.0 Å². The van der Waals surface area contributed by atoms with Gasteiger partial charge in [-0.15, -0.1) is 0 Å². The van der Waals surface area contributed by atoms with Crippen LogP contribution in [0.1, 0.15) is 31.0 Å². The number of hydrogen-bond donors (Lipinski definition) is 2. The summed E-state index contributed by atoms with van der Waals surface area (Å²) in [6.07, 6.45) is 3.43. The summed E-state index contributed by atoms with van der Waals surface area (Å²) >= 11 is 0. The fraction of sp³-hybridized carbons (Fsp3) is 0.450. The molecule has 1 aromatic carbocycles. The molecule has 2 aliphatic rings. The normalized spacial score (nSPS) is 20.7. The Balaban J connectivity index is 1.31. The lowest BCUT2D eigenvalue weighted by atomic mass is 9.85. The second-order valence-electron chi connectivity index (χ2n) is 7.45. The van der Waals surface area contributed by atoms with Crippen LogP contribution in [0.2, 0.25) is 0 Å². The molecule has 2 aromatic rings. The molecule has 2 amide bonds. The lowest BCUT2D eigenvalue weighted by Gasteiger charge is -2.42. The van der Waals surface area contributed by atoms with E-state index in [0.717, 1.165) is 29.8 Å². The molecule has 0 radical (unpaired) electrons. The van der Waals surface area contributed by atoms with Crippen LogP contribution in [-0.4, -0.2) is 61.9 Å². The van der Waals surface area contributed by atoms with Gasteiger partial charge in [0.15, 0.2) is 0 Å². The molecule has 1 aliphatic heterocycles. The van der Waals surface area contributed by atoms with Gasteiger partial charge >= 0.3 is 12.0 Å². The van der Waals surface area contributed by atoms with Gasteiger partial charge in [-0.3, -0.25) is 9.69 Å². The molecule has 1 aromatic heterocycles. The minimum absolute atomic E-state index is 0.0548. The average molecular weight is 383 g/mol. The quantitative estimate of drug-likeness (QED) is 0.794. The van der Waals surface area contributed by atoms with Crippen molar-refractivity contribution in [2.75, 3.05) is 13.1 Å². The highest BCUT2D eigenvalue weighted by Crippen LogP contribution is 2.28. The van der Waals surface area contributed by atoms with E-state index in [4.69, 9.17) is 5.11 Å². The number of carbonyl (C=O) groups is 2. The summed E-state index contributed by atoms with van der Waals surface area (Å²) in [5.74, 6) is -0.809. The van der Waals surface area contributed by atoms with Gasteiger partial charge in [0.1, 0.15) is 0 Å². The monoisotopic (exact) mass is 383 g/mol. The summed E-state index contributed by atoms with van der Waals surface area (Å²) in [4.78, 5) is 27.3. The van der Waals surface area contributed by atoms with Gasteiger partial charge in [0, 0.05) is 17.6 Å². The van der Waals surface area contributed by atoms with E-state index in [1.54, 1.807) is 4.90 Å². The molecule has 148 valence electrons. The van der Waals surface area contributed by atoms with Crippen LogP contribution in [0.15, 0.2) is 36.5 Å². The van der Waals surface area contributed by atoms with Gasteiger partial charge in [0.05, 0.1) is 37.2 Å². The maximum Gasteiger partial charge on any atom is 0.318 e. The van der Waals surface area contributed by atoms with Crippen LogP contribution in [0.5, 0.6) is 0 Å². The first-order valence-corrected chi connectivity index (χ1v) is 9.67. The number of nitrogens with zero attached hydrogens (tertiary/aromatic N) is 4. The molecule has 0 atom stereocenters. The van der Waals surface area contributed by atoms with E-state index in [-0.39, 0.29) is 24.7 Å². The molecular weight excluding hydrogens is 358 g/mol. The zero-order valence-corrected chi connectivity index (χ0v) is 15.9. The van der Waals surface area contributed by atoms with Crippen LogP contribution >= 0.6 is 0 Å². The third kappa shape index (κ3) is 3.60. The van der Waals surface area contributed by atoms with Crippen LogP contribution in [0.4, 0.5) is 4.79 Å². The topological polar surface area (TPSA) is 90.7 Å². The molecule has 2 heterocycles. The van der Waals surface area contributed by atoms with Crippen molar-refractivity contribution in [3.8, 4) is 5.69 Å². The standard InChI is InChI=1S/C20H25N5O3/c1-2-23(13-19(26)27)17-8-15(9-17)22-20(28)24-11-14-10-21-25(18(14)12-24)16-6-4-3-5-7-16/h3-7,10,15,17H,2,8-9,11-13H2,1H3,(H,22,28)(H,26,27). The maximum atomic E-state index is 12.7. The first kappa shape index (κ1) is 18.5. The van der Waals surface area contributed by atoms with Crippen LogP contribution in [0.25, 0.3) is 5.69 Å². The number of carboxylic acids is 1. The first-order valence-electron chi connectivity index (χ1n) is 9.67. The molecule has 8 nitrogen and oxygen atoms in total. The Morgan fingerprint density at radius 3 is 2.68 bits per heavy atom. The van der Waals surface area contributed by atoms with Crippen molar-refractivity contribution in [2.45, 2.75) is 44.9 Å². The van der Waals surface area contributed by atoms with Crippen molar-refractivity contribution in [1.29, 1.82) is 0 Å². The third-order valence-corrected chi connectivity index (χ3v) is 5.65. The van der Waals surface area contributed by atoms with Crippen molar-refractivity contribution in [1.82, 2.24) is 24.9 Å². The van der Waals surface area contributed by atoms with E-state index >= 15 is 0 Å². The highest BCUT2D eigenvalue weighted by atomic mass is 16.4. The Kier molecular flexibility index (Phi) is 5.04. The number of fused-ring (bicyclic) bond motifs is 1. The Labute approximate surface area is 163 Å². The summed E-state index contributed by atoms with van der Waals surface area (Å²) in [5.41, 5.74) is 3.11. The molecule has 1 aliphatic carbocycles. The number of carboxylic acid groups (broad SMARTS) is 1. The summed E-state index contributed by atoms with van der Waals surface area (Å²) in [5, 5.41) is 16.5. The Morgan fingerprint density at radius 2 is 2.00 bits per heavy atom. The molecule has 2 N–H and O–H groups in total. The molecule has 0 unspecified atom stereocenters. The third-order valence-electron chi connectivity index (χ3n) is 5.65. The molecule has 4 rings (SSSR count). The van der Waals surface area contributed by atoms with E-state index in [1.165, 1.54) is 0 Å². The van der Waals surface area contributed by atoms with Crippen LogP contribution in [0.3, 0.4) is 0 Å². The number of likely N-dealkylation sites (N-methyl/N-ethyl adjacent to an activating group) is 1. The molecule has 0 bridgehead atoms. The number of hydrogen-bond acceptors (Lipinski definition) is 4. The zero-order chi connectivity index (χ0) is 19.7. The zero-order valence-electron chi connectivity index (χ0n) is 15.9. The summed E-state index contributed by atoms with van der Waals surface area (Å²) < 4.78 is 1.90. The van der Waals surface area contributed by atoms with E-state index < -0.39 is 5.97 Å². The highest BCUT2D eigenvalue weighted by molar-refractivity contribution is 5.75. The average Bonchev–Trinajstić information content (AvgIpc) is 3.24. The Hall–Kier alpha value is -2.87. The fourth-order valence-electron chi connectivity index (χ4n) is 4.03. The van der Waals surface area contributed by atoms with Crippen molar-refractivity contribution in [2.24, 2.45) is 0 Å². The van der Waals surface area contributed by atoms with Gasteiger partial charge < -0.3 is 15.3 Å². The van der Waals surface area contributed by atoms with E-state index in [9.17, 15) is 9.59 Å². The van der Waals surface area contributed by atoms with Crippen molar-refractivity contribution in [3.63, 3.8) is 0 Å². The number of para-hydroxylation sites is 1. The number of aromatic nitrogens is 2. The largest absolute Gasteiger partial charge is 0.480 e. The van der Waals surface area contributed by atoms with Gasteiger partial charge in [0.25, 0.3) is 0 Å². The number of nitrogens with one attached hydrogen (secondary N) is 1. The number of urea groups is 1. The summed E-state index contributed by atoms with van der Waals surface area (Å²) in [6.45, 7) is 3.82. The van der Waals surface area contributed by atoms with Gasteiger partial charge in [0.2, 0.25) is 0 Å². The number of amides is 2. The minimum atomic E-state index is -0.809. The maximum absolute atomic E-state index is 12.7. The predicted octanol–water partition coefficient (Wildman–Crippen LogP) is 1.84. The Bertz CT molecular complexity index is 860. The van der Waals surface area contributed by atoms with Crippen molar-refractivity contribution in [3.05, 3.63) is 47.8 Å². The minimum Gasteiger partial charge on any atom is -0.480 e. The van der Waals surface area contributed by atoms with E-state index in [0.29, 0.717) is 19.6 Å². The molecule has 0 spiro atoms. The number of benzene rings is 1. The SMILES string of the molecule is CCN(CC(=O)O)C1CC(NC(=O)N2Cc3cnn(-c4ccccc4)c3C2)C1. The number of aliphatic carboxylic acids is 1. The van der Waals surface area contributed by atoms with Crippen LogP contribution in [-0.2, 0) is 17.9 Å². The molecule has 1 fully saturated rings. The smallest absolute Gasteiger partial charge is 0.318 e. The van der Waals surface area contributed by atoms with Gasteiger partial charge in [-0.2, -0.15) is 5.10 Å². The van der Waals surface area contributed by atoms with Gasteiger partial charge in [-0.25, -0.2) is 9.48 Å². The second kappa shape index (κ2) is 7.63. The molecule has 8 heteroatoms. The molecule has 28 heavy (non-hydrogen) atoms. The first-order chi connectivity index (χ1) is 13.5. The molecule has 0 saturated heterocycles. The fourth-order valence-corrected chi connectivity index (χ4v) is 4.03. The van der Waals surface area contributed by atoms with Crippen LogP contribution < -0.4 is 5.32 Å². The lowest BCUT2D eigenvalue weighted by Crippen LogP contribution is -2.56. The van der Waals surface area contributed by atoms with E-state index in [2.05, 4.69) is 10.4 Å². The van der Waals surface area contributed by atoms with E-state index in [1.807, 2.05) is 53.0 Å².